The van der Waals surface area contributed by atoms with Crippen LogP contribution >= 0.6 is 11.6 Å². The fourth-order valence-corrected chi connectivity index (χ4v) is 2.92. The summed E-state index contributed by atoms with van der Waals surface area (Å²) >= 11 is 6.20. The van der Waals surface area contributed by atoms with Gasteiger partial charge < -0.3 is 13.9 Å². The maximum Gasteiger partial charge on any atom is 0.247 e. The zero-order valence-electron chi connectivity index (χ0n) is 15.2. The smallest absolute Gasteiger partial charge is 0.247 e. The van der Waals surface area contributed by atoms with E-state index in [4.69, 9.17) is 25.6 Å². The van der Waals surface area contributed by atoms with E-state index >= 15 is 0 Å². The van der Waals surface area contributed by atoms with Crippen LogP contribution in [-0.4, -0.2) is 30.2 Å². The van der Waals surface area contributed by atoms with Gasteiger partial charge in [0, 0.05) is 11.1 Å². The molecule has 1 N–H and O–H groups in total. The van der Waals surface area contributed by atoms with Gasteiger partial charge in [-0.15, -0.1) is 10.2 Å². The van der Waals surface area contributed by atoms with Crippen LogP contribution < -0.4 is 0 Å². The van der Waals surface area contributed by atoms with E-state index in [1.807, 2.05) is 0 Å². The number of nitrogens with zero attached hydrogens (tertiary/aromatic N) is 2. The van der Waals surface area contributed by atoms with Crippen molar-refractivity contribution in [1.82, 2.24) is 10.2 Å². The van der Waals surface area contributed by atoms with Crippen LogP contribution in [0.2, 0.25) is 23.2 Å². The van der Waals surface area contributed by atoms with Gasteiger partial charge in [0.25, 0.3) is 0 Å². The lowest BCUT2D eigenvalue weighted by Crippen LogP contribution is -2.40. The Bertz CT molecular complexity index is 801. The van der Waals surface area contributed by atoms with Gasteiger partial charge in [-0.2, -0.15) is 0 Å². The highest BCUT2D eigenvalue weighted by atomic mass is 35.5. The maximum absolute atomic E-state index is 8.75. The van der Waals surface area contributed by atoms with Gasteiger partial charge in [0.15, 0.2) is 8.32 Å². The Morgan fingerprint density at radius 3 is 2.60 bits per heavy atom. The second-order valence-electron chi connectivity index (χ2n) is 7.20. The minimum Gasteiger partial charge on any atom is -0.418 e. The Morgan fingerprint density at radius 2 is 2.00 bits per heavy atom. The first-order chi connectivity index (χ1) is 11.6. The summed E-state index contributed by atoms with van der Waals surface area (Å²) in [6.07, 6.45) is 0. The molecule has 0 aliphatic carbocycles. The molecule has 7 heteroatoms. The van der Waals surface area contributed by atoms with Crippen LogP contribution in [0.15, 0.2) is 22.6 Å². The summed E-state index contributed by atoms with van der Waals surface area (Å²) < 4.78 is 11.8. The average Bonchev–Trinajstić information content (AvgIpc) is 3.00. The average molecular weight is 379 g/mol. The van der Waals surface area contributed by atoms with Crippen LogP contribution in [0.25, 0.3) is 11.5 Å². The lowest BCUT2D eigenvalue weighted by Gasteiger charge is -2.35. The van der Waals surface area contributed by atoms with Crippen LogP contribution in [-0.2, 0) is 11.0 Å². The van der Waals surface area contributed by atoms with E-state index in [2.05, 4.69) is 55.9 Å². The van der Waals surface area contributed by atoms with Crippen LogP contribution in [0.1, 0.15) is 32.2 Å². The zero-order chi connectivity index (χ0) is 18.7. The first-order valence-corrected chi connectivity index (χ1v) is 11.3. The number of rotatable bonds is 4. The van der Waals surface area contributed by atoms with Crippen LogP contribution in [0.4, 0.5) is 0 Å². The quantitative estimate of drug-likeness (QED) is 0.636. The number of benzene rings is 1. The van der Waals surface area contributed by atoms with Gasteiger partial charge in [-0.3, -0.25) is 0 Å². The number of halogens is 1. The second kappa shape index (κ2) is 7.71. The van der Waals surface area contributed by atoms with E-state index in [1.54, 1.807) is 18.2 Å². The van der Waals surface area contributed by atoms with Crippen LogP contribution in [0, 0.1) is 11.8 Å². The minimum atomic E-state index is -1.87. The molecule has 0 amide bonds. The molecule has 2 rings (SSSR count). The Balaban J connectivity index is 2.12. The van der Waals surface area contributed by atoms with Gasteiger partial charge in [0.2, 0.25) is 11.8 Å². The van der Waals surface area contributed by atoms with Crippen molar-refractivity contribution in [2.75, 3.05) is 6.61 Å². The van der Waals surface area contributed by atoms with Gasteiger partial charge >= 0.3 is 0 Å². The number of aromatic nitrogens is 2. The second-order valence-corrected chi connectivity index (χ2v) is 12.4. The lowest BCUT2D eigenvalue weighted by molar-refractivity contribution is 0.241. The third-order valence-electron chi connectivity index (χ3n) is 4.35. The van der Waals surface area contributed by atoms with Gasteiger partial charge in [-0.25, -0.2) is 0 Å². The highest BCUT2D eigenvalue weighted by Crippen LogP contribution is 2.37. The zero-order valence-corrected chi connectivity index (χ0v) is 16.9. The first kappa shape index (κ1) is 19.7. The summed E-state index contributed by atoms with van der Waals surface area (Å²) in [5.74, 6) is 6.18. The maximum atomic E-state index is 8.75. The van der Waals surface area contributed by atoms with E-state index in [1.165, 1.54) is 0 Å². The molecule has 0 bridgehead atoms. The molecule has 5 nitrogen and oxygen atoms in total. The fourth-order valence-electron chi connectivity index (χ4n) is 1.77. The normalized spacial score (nSPS) is 12.0. The number of hydrogen-bond donors (Lipinski definition) is 1. The van der Waals surface area contributed by atoms with Crippen molar-refractivity contribution in [3.63, 3.8) is 0 Å². The summed E-state index contributed by atoms with van der Waals surface area (Å²) in [7, 11) is -1.87. The summed E-state index contributed by atoms with van der Waals surface area (Å²) in [6, 6.07) is 5.28. The monoisotopic (exact) mass is 378 g/mol. The SMILES string of the molecule is CC(C)(C)[Si](C)(C)OCc1nnc(-c2ccc(C#CCO)c(Cl)c2)o1. The molecule has 1 aromatic carbocycles. The van der Waals surface area contributed by atoms with Crippen molar-refractivity contribution in [2.45, 2.75) is 45.5 Å². The molecular formula is C18H23ClN2O3Si. The van der Waals surface area contributed by atoms with Crippen LogP contribution in [0.5, 0.6) is 0 Å². The molecular weight excluding hydrogens is 356 g/mol. The highest BCUT2D eigenvalue weighted by molar-refractivity contribution is 6.74. The van der Waals surface area contributed by atoms with Crippen molar-refractivity contribution >= 4 is 19.9 Å². The Kier molecular flexibility index (Phi) is 6.06. The molecule has 0 saturated heterocycles. The first-order valence-electron chi connectivity index (χ1n) is 8.00. The van der Waals surface area contributed by atoms with Crippen molar-refractivity contribution in [3.8, 4) is 23.3 Å². The molecule has 134 valence electrons. The molecule has 0 fully saturated rings. The lowest BCUT2D eigenvalue weighted by atomic mass is 10.1. The van der Waals surface area contributed by atoms with Gasteiger partial charge in [-0.1, -0.05) is 44.2 Å². The molecule has 0 aliphatic rings. The number of aliphatic hydroxyl groups is 1. The van der Waals surface area contributed by atoms with Crippen molar-refractivity contribution in [3.05, 3.63) is 34.7 Å². The predicted molar refractivity (Wildman–Crippen MR) is 101 cm³/mol. The van der Waals surface area contributed by atoms with E-state index in [9.17, 15) is 0 Å². The van der Waals surface area contributed by atoms with Crippen molar-refractivity contribution in [1.29, 1.82) is 0 Å². The summed E-state index contributed by atoms with van der Waals surface area (Å²) in [4.78, 5) is 0. The summed E-state index contributed by atoms with van der Waals surface area (Å²) in [6.45, 7) is 11.0. The predicted octanol–water partition coefficient (Wildman–Crippen LogP) is 4.26. The molecule has 0 unspecified atom stereocenters. The molecule has 1 heterocycles. The molecule has 0 spiro atoms. The third kappa shape index (κ3) is 4.92. The van der Waals surface area contributed by atoms with Crippen molar-refractivity contribution < 1.29 is 13.9 Å². The minimum absolute atomic E-state index is 0.120. The highest BCUT2D eigenvalue weighted by Gasteiger charge is 2.37. The Labute approximate surface area is 154 Å². The standard InChI is InChI=1S/C18H23ClN2O3Si/c1-18(2,3)25(4,5)23-12-16-20-21-17(24-16)14-9-8-13(7-6-10-22)15(19)11-14/h8-9,11,22H,10,12H2,1-5H3. The van der Waals surface area contributed by atoms with E-state index in [0.29, 0.717) is 34.5 Å². The fraction of sp³-hybridized carbons (Fsp3) is 0.444. The van der Waals surface area contributed by atoms with Crippen molar-refractivity contribution in [2.24, 2.45) is 0 Å². The third-order valence-corrected chi connectivity index (χ3v) is 9.14. The summed E-state index contributed by atoms with van der Waals surface area (Å²) in [5, 5.41) is 17.5. The van der Waals surface area contributed by atoms with Gasteiger partial charge in [0.05, 0.1) is 5.02 Å². The number of hydrogen-bond acceptors (Lipinski definition) is 5. The largest absolute Gasteiger partial charge is 0.418 e. The molecule has 2 aromatic rings. The number of aliphatic hydroxyl groups excluding tert-OH is 1. The van der Waals surface area contributed by atoms with E-state index in [0.717, 1.165) is 0 Å². The summed E-state index contributed by atoms with van der Waals surface area (Å²) in [5.41, 5.74) is 1.35. The Hall–Kier alpha value is -1.65. The molecule has 0 radical (unpaired) electrons. The molecule has 25 heavy (non-hydrogen) atoms. The van der Waals surface area contributed by atoms with E-state index in [-0.39, 0.29) is 11.6 Å². The topological polar surface area (TPSA) is 68.4 Å². The molecule has 0 saturated carbocycles. The van der Waals surface area contributed by atoms with Gasteiger partial charge in [0.1, 0.15) is 13.2 Å². The molecule has 0 aliphatic heterocycles. The van der Waals surface area contributed by atoms with Crippen LogP contribution in [0.3, 0.4) is 0 Å². The van der Waals surface area contributed by atoms with Gasteiger partial charge in [-0.05, 0) is 36.3 Å². The van der Waals surface area contributed by atoms with E-state index < -0.39 is 8.32 Å². The Morgan fingerprint density at radius 1 is 1.28 bits per heavy atom. The molecule has 1 aromatic heterocycles. The molecule has 0 atom stereocenters.